The quantitative estimate of drug-likeness (QED) is 0.363. The molecule has 3 aromatic carbocycles. The number of methoxy groups -OCH3 is 1. The Hall–Kier alpha value is -3.41. The summed E-state index contributed by atoms with van der Waals surface area (Å²) in [5, 5.41) is 1.16. The Bertz CT molecular complexity index is 1220. The second-order valence-corrected chi connectivity index (χ2v) is 8.79. The second-order valence-electron chi connectivity index (χ2n) is 8.79. The summed E-state index contributed by atoms with van der Waals surface area (Å²) in [6.45, 7) is 6.21. The predicted octanol–water partition coefficient (Wildman–Crippen LogP) is 5.28. The van der Waals surface area contributed by atoms with Crippen LogP contribution in [0.1, 0.15) is 16.7 Å². The van der Waals surface area contributed by atoms with Crippen molar-refractivity contribution in [3.05, 3.63) is 102 Å². The van der Waals surface area contributed by atoms with Gasteiger partial charge in [-0.1, -0.05) is 42.5 Å². The van der Waals surface area contributed by atoms with Crippen LogP contribution in [0.5, 0.6) is 5.75 Å². The van der Waals surface area contributed by atoms with Gasteiger partial charge in [0.2, 0.25) is 0 Å². The molecule has 1 aliphatic rings. The maximum absolute atomic E-state index is 5.48. The molecule has 0 unspecified atom stereocenters. The summed E-state index contributed by atoms with van der Waals surface area (Å²) in [4.78, 5) is 9.41. The van der Waals surface area contributed by atoms with E-state index >= 15 is 0 Å². The lowest BCUT2D eigenvalue weighted by atomic mass is 10.1. The molecule has 2 heterocycles. The van der Waals surface area contributed by atoms with Crippen molar-refractivity contribution in [2.75, 3.05) is 38.3 Å². The topological polar surface area (TPSA) is 37.8 Å². The van der Waals surface area contributed by atoms with Gasteiger partial charge in [0, 0.05) is 50.0 Å². The molecule has 4 aromatic rings. The summed E-state index contributed by atoms with van der Waals surface area (Å²) < 4.78 is 10.9. The van der Waals surface area contributed by atoms with E-state index in [9.17, 15) is 0 Å². The van der Waals surface area contributed by atoms with Crippen molar-refractivity contribution >= 4 is 16.6 Å². The molecule has 0 bridgehead atoms. The molecule has 1 aromatic heterocycles. The summed E-state index contributed by atoms with van der Waals surface area (Å²) in [5.41, 5.74) is 6.03. The monoisotopic (exact) mass is 453 g/mol. The third-order valence-electron chi connectivity index (χ3n) is 6.36. The molecule has 174 valence electrons. The van der Waals surface area contributed by atoms with Crippen LogP contribution < -0.4 is 9.64 Å². The van der Waals surface area contributed by atoms with Crippen molar-refractivity contribution in [1.29, 1.82) is 0 Å². The summed E-state index contributed by atoms with van der Waals surface area (Å²) in [5.74, 6) is 0.883. The molecular formula is C29H31N3O2. The van der Waals surface area contributed by atoms with Crippen LogP contribution in [0, 0.1) is 0 Å². The van der Waals surface area contributed by atoms with Gasteiger partial charge in [-0.3, -0.25) is 9.88 Å². The largest absolute Gasteiger partial charge is 0.497 e. The molecule has 1 aliphatic heterocycles. The minimum absolute atomic E-state index is 0.792. The number of benzene rings is 3. The molecular weight excluding hydrogens is 422 g/mol. The van der Waals surface area contributed by atoms with Gasteiger partial charge < -0.3 is 14.4 Å². The van der Waals surface area contributed by atoms with Gasteiger partial charge in [-0.15, -0.1) is 0 Å². The van der Waals surface area contributed by atoms with Gasteiger partial charge in [0.15, 0.2) is 0 Å². The summed E-state index contributed by atoms with van der Waals surface area (Å²) in [7, 11) is 1.71. The molecule has 0 aliphatic carbocycles. The van der Waals surface area contributed by atoms with Crippen molar-refractivity contribution in [1.82, 2.24) is 9.88 Å². The van der Waals surface area contributed by atoms with Gasteiger partial charge >= 0.3 is 0 Å². The third-order valence-corrected chi connectivity index (χ3v) is 6.36. The highest BCUT2D eigenvalue weighted by Gasteiger charge is 2.13. The summed E-state index contributed by atoms with van der Waals surface area (Å²) >= 11 is 0. The lowest BCUT2D eigenvalue weighted by molar-refractivity contribution is 0.0342. The van der Waals surface area contributed by atoms with E-state index < -0.39 is 0 Å². The van der Waals surface area contributed by atoms with E-state index in [0.29, 0.717) is 0 Å². The van der Waals surface area contributed by atoms with Gasteiger partial charge in [-0.25, -0.2) is 0 Å². The SMILES string of the molecule is COc1cccc(CN(Cc2ccc3cccnc3c2)c2ccc(CN3CCOCC3)cc2)c1. The predicted molar refractivity (Wildman–Crippen MR) is 137 cm³/mol. The minimum atomic E-state index is 0.792. The number of hydrogen-bond acceptors (Lipinski definition) is 5. The fraction of sp³-hybridized carbons (Fsp3) is 0.276. The first-order chi connectivity index (χ1) is 16.8. The zero-order valence-electron chi connectivity index (χ0n) is 19.7. The smallest absolute Gasteiger partial charge is 0.119 e. The average molecular weight is 454 g/mol. The third kappa shape index (κ3) is 5.56. The van der Waals surface area contributed by atoms with Crippen LogP contribution in [0.25, 0.3) is 10.9 Å². The normalized spacial score (nSPS) is 14.3. The molecule has 5 nitrogen and oxygen atoms in total. The van der Waals surface area contributed by atoms with Gasteiger partial charge in [0.25, 0.3) is 0 Å². The second kappa shape index (κ2) is 10.7. The highest BCUT2D eigenvalue weighted by molar-refractivity contribution is 5.79. The van der Waals surface area contributed by atoms with E-state index in [4.69, 9.17) is 9.47 Å². The van der Waals surface area contributed by atoms with Crippen molar-refractivity contribution in [3.8, 4) is 5.75 Å². The van der Waals surface area contributed by atoms with Crippen LogP contribution in [0.4, 0.5) is 5.69 Å². The van der Waals surface area contributed by atoms with E-state index in [0.717, 1.165) is 62.6 Å². The standard InChI is InChI=1S/C29H31N3O2/c1-33-28-6-2-4-24(18-28)21-32(22-25-7-10-26-5-3-13-30-29(26)19-25)27-11-8-23(9-12-27)20-31-14-16-34-17-15-31/h2-13,18-19H,14-17,20-22H2,1H3. The van der Waals surface area contributed by atoms with Gasteiger partial charge in [-0.2, -0.15) is 0 Å². The molecule has 1 saturated heterocycles. The Kier molecular flexibility index (Phi) is 7.03. The molecule has 5 rings (SSSR count). The average Bonchev–Trinajstić information content (AvgIpc) is 2.89. The van der Waals surface area contributed by atoms with E-state index in [1.54, 1.807) is 7.11 Å². The molecule has 0 atom stereocenters. The van der Waals surface area contributed by atoms with Crippen LogP contribution in [0.2, 0.25) is 0 Å². The van der Waals surface area contributed by atoms with E-state index in [1.165, 1.54) is 22.4 Å². The number of fused-ring (bicyclic) bond motifs is 1. The number of nitrogens with zero attached hydrogens (tertiary/aromatic N) is 3. The zero-order valence-corrected chi connectivity index (χ0v) is 19.7. The molecule has 1 fully saturated rings. The highest BCUT2D eigenvalue weighted by Crippen LogP contribution is 2.24. The van der Waals surface area contributed by atoms with Crippen LogP contribution >= 0.6 is 0 Å². The number of morpholine rings is 1. The number of rotatable bonds is 8. The molecule has 34 heavy (non-hydrogen) atoms. The lowest BCUT2D eigenvalue weighted by Crippen LogP contribution is -2.35. The Morgan fingerprint density at radius 3 is 2.41 bits per heavy atom. The van der Waals surface area contributed by atoms with Gasteiger partial charge in [0.05, 0.1) is 25.8 Å². The van der Waals surface area contributed by atoms with Gasteiger partial charge in [0.1, 0.15) is 5.75 Å². The fourth-order valence-corrected chi connectivity index (χ4v) is 4.49. The Morgan fingerprint density at radius 1 is 0.853 bits per heavy atom. The molecule has 0 saturated carbocycles. The van der Waals surface area contributed by atoms with Crippen molar-refractivity contribution in [2.24, 2.45) is 0 Å². The fourth-order valence-electron chi connectivity index (χ4n) is 4.49. The first-order valence-corrected chi connectivity index (χ1v) is 11.9. The molecule has 0 amide bonds. The number of hydrogen-bond donors (Lipinski definition) is 0. The first-order valence-electron chi connectivity index (χ1n) is 11.9. The van der Waals surface area contributed by atoms with Crippen LogP contribution in [-0.4, -0.2) is 43.3 Å². The maximum atomic E-state index is 5.48. The molecule has 0 spiro atoms. The van der Waals surface area contributed by atoms with E-state index in [-0.39, 0.29) is 0 Å². The Morgan fingerprint density at radius 2 is 1.62 bits per heavy atom. The summed E-state index contributed by atoms with van der Waals surface area (Å²) in [6.07, 6.45) is 1.85. The first kappa shape index (κ1) is 22.4. The maximum Gasteiger partial charge on any atom is 0.119 e. The molecule has 5 heteroatoms. The molecule has 0 radical (unpaired) electrons. The zero-order chi connectivity index (χ0) is 23.2. The Labute approximate surface area is 201 Å². The van der Waals surface area contributed by atoms with Crippen LogP contribution in [-0.2, 0) is 24.4 Å². The number of aromatic nitrogens is 1. The molecule has 0 N–H and O–H groups in total. The van der Waals surface area contributed by atoms with E-state index in [1.807, 2.05) is 18.3 Å². The van der Waals surface area contributed by atoms with Gasteiger partial charge in [-0.05, 0) is 53.1 Å². The Balaban J connectivity index is 1.39. The van der Waals surface area contributed by atoms with Crippen molar-refractivity contribution < 1.29 is 9.47 Å². The summed E-state index contributed by atoms with van der Waals surface area (Å²) in [6, 6.07) is 28.0. The van der Waals surface area contributed by atoms with Crippen LogP contribution in [0.3, 0.4) is 0 Å². The van der Waals surface area contributed by atoms with Crippen LogP contribution in [0.15, 0.2) is 85.1 Å². The number of anilines is 1. The lowest BCUT2D eigenvalue weighted by Gasteiger charge is -2.28. The highest BCUT2D eigenvalue weighted by atomic mass is 16.5. The number of ether oxygens (including phenoxy) is 2. The van der Waals surface area contributed by atoms with Crippen molar-refractivity contribution in [2.45, 2.75) is 19.6 Å². The minimum Gasteiger partial charge on any atom is -0.497 e. The van der Waals surface area contributed by atoms with E-state index in [2.05, 4.69) is 81.5 Å². The van der Waals surface area contributed by atoms with Crippen molar-refractivity contribution in [3.63, 3.8) is 0 Å². The number of pyridine rings is 1.